The van der Waals surface area contributed by atoms with Crippen LogP contribution in [0.5, 0.6) is 0 Å². The number of halogens is 2. The van der Waals surface area contributed by atoms with E-state index < -0.39 is 22.4 Å². The predicted molar refractivity (Wildman–Crippen MR) is 53.0 cm³/mol. The summed E-state index contributed by atoms with van der Waals surface area (Å²) in [5.41, 5.74) is -0.223. The van der Waals surface area contributed by atoms with Crippen LogP contribution >= 0.6 is 0 Å². The number of hydrogen-bond acceptors (Lipinski definition) is 3. The van der Waals surface area contributed by atoms with Gasteiger partial charge in [-0.1, -0.05) is 6.07 Å². The summed E-state index contributed by atoms with van der Waals surface area (Å²) < 4.78 is 42.8. The molecule has 6 heteroatoms. The molecule has 1 heterocycles. The quantitative estimate of drug-likeness (QED) is 0.830. The Bertz CT molecular complexity index is 493. The van der Waals surface area contributed by atoms with Crippen molar-refractivity contribution in [1.29, 1.82) is 0 Å². The number of hydrogen-bond donors (Lipinski definition) is 0. The summed E-state index contributed by atoms with van der Waals surface area (Å²) in [5.74, 6) is -1.74. The summed E-state index contributed by atoms with van der Waals surface area (Å²) in [6, 6.07) is 3.48. The van der Waals surface area contributed by atoms with E-state index in [0.29, 0.717) is 0 Å². The maximum atomic E-state index is 13.2. The topological polar surface area (TPSA) is 43.1 Å². The number of nitrogens with zero attached hydrogens (tertiary/aromatic N) is 1. The molecule has 1 aromatic carbocycles. The zero-order valence-corrected chi connectivity index (χ0v) is 8.84. The first-order valence-corrected chi connectivity index (χ1v) is 5.71. The van der Waals surface area contributed by atoms with E-state index in [0.717, 1.165) is 12.1 Å². The van der Waals surface area contributed by atoms with E-state index in [-0.39, 0.29) is 16.5 Å². The SMILES string of the molecule is O=S(Cc1c(F)cccc1F)c1ncco1. The van der Waals surface area contributed by atoms with Crippen LogP contribution in [0.4, 0.5) is 8.78 Å². The molecule has 0 spiro atoms. The molecule has 2 aromatic rings. The van der Waals surface area contributed by atoms with Gasteiger partial charge in [-0.3, -0.25) is 0 Å². The summed E-state index contributed by atoms with van der Waals surface area (Å²) in [6.07, 6.45) is 2.58. The highest BCUT2D eigenvalue weighted by Gasteiger charge is 2.15. The Morgan fingerprint density at radius 3 is 2.56 bits per heavy atom. The van der Waals surface area contributed by atoms with Gasteiger partial charge in [-0.2, -0.15) is 0 Å². The molecule has 0 aliphatic carbocycles. The number of rotatable bonds is 3. The standard InChI is InChI=1S/C10H7F2NO2S/c11-8-2-1-3-9(12)7(8)6-16(14)10-13-4-5-15-10/h1-5H,6H2. The van der Waals surface area contributed by atoms with Crippen LogP contribution in [0.15, 0.2) is 40.3 Å². The summed E-state index contributed by atoms with van der Waals surface area (Å²) >= 11 is 0. The lowest BCUT2D eigenvalue weighted by Crippen LogP contribution is -2.02. The van der Waals surface area contributed by atoms with Gasteiger partial charge >= 0.3 is 0 Å². The Morgan fingerprint density at radius 2 is 2.00 bits per heavy atom. The van der Waals surface area contributed by atoms with E-state index in [1.54, 1.807) is 0 Å². The third-order valence-electron chi connectivity index (χ3n) is 1.94. The van der Waals surface area contributed by atoms with Crippen LogP contribution in [0, 0.1) is 11.6 Å². The Labute approximate surface area is 92.6 Å². The molecule has 3 nitrogen and oxygen atoms in total. The van der Waals surface area contributed by atoms with Crippen LogP contribution in [0.2, 0.25) is 0 Å². The first-order valence-electron chi connectivity index (χ1n) is 4.39. The van der Waals surface area contributed by atoms with Gasteiger partial charge in [0.1, 0.15) is 28.7 Å². The van der Waals surface area contributed by atoms with Gasteiger partial charge in [0.25, 0.3) is 5.22 Å². The molecule has 2 rings (SSSR count). The van der Waals surface area contributed by atoms with Crippen molar-refractivity contribution in [2.75, 3.05) is 0 Å². The van der Waals surface area contributed by atoms with E-state index >= 15 is 0 Å². The van der Waals surface area contributed by atoms with Crippen LogP contribution < -0.4 is 0 Å². The smallest absolute Gasteiger partial charge is 0.287 e. The Kier molecular flexibility index (Phi) is 3.09. The van der Waals surface area contributed by atoms with E-state index in [1.807, 2.05) is 0 Å². The molecule has 0 N–H and O–H groups in total. The molecule has 1 atom stereocenters. The van der Waals surface area contributed by atoms with E-state index in [1.165, 1.54) is 18.5 Å². The number of benzene rings is 1. The Balaban J connectivity index is 2.25. The Hall–Kier alpha value is -1.56. The minimum Gasteiger partial charge on any atom is -0.438 e. The molecule has 0 amide bonds. The molecule has 16 heavy (non-hydrogen) atoms. The molecule has 1 aromatic heterocycles. The fourth-order valence-electron chi connectivity index (χ4n) is 1.19. The Morgan fingerprint density at radius 1 is 1.31 bits per heavy atom. The maximum absolute atomic E-state index is 13.2. The molecule has 0 aliphatic heterocycles. The minimum absolute atomic E-state index is 0.0392. The molecule has 0 saturated carbocycles. The van der Waals surface area contributed by atoms with Gasteiger partial charge < -0.3 is 4.42 Å². The van der Waals surface area contributed by atoms with Crippen molar-refractivity contribution >= 4 is 10.8 Å². The second kappa shape index (κ2) is 4.52. The summed E-state index contributed by atoms with van der Waals surface area (Å²) in [7, 11) is -1.68. The zero-order valence-electron chi connectivity index (χ0n) is 8.02. The number of aromatic nitrogens is 1. The average Bonchev–Trinajstić information content (AvgIpc) is 2.76. The molecule has 0 aliphatic rings. The van der Waals surface area contributed by atoms with Crippen LogP contribution in [0.1, 0.15) is 5.56 Å². The van der Waals surface area contributed by atoms with Crippen LogP contribution in [0.3, 0.4) is 0 Å². The molecule has 84 valence electrons. The molecular formula is C10H7F2NO2S. The highest BCUT2D eigenvalue weighted by atomic mass is 32.2. The van der Waals surface area contributed by atoms with Crippen LogP contribution in [-0.4, -0.2) is 9.19 Å². The monoisotopic (exact) mass is 243 g/mol. The van der Waals surface area contributed by atoms with Crippen molar-refractivity contribution in [3.05, 3.63) is 47.9 Å². The lowest BCUT2D eigenvalue weighted by molar-refractivity contribution is 0.444. The van der Waals surface area contributed by atoms with Crippen molar-refractivity contribution in [1.82, 2.24) is 4.98 Å². The van der Waals surface area contributed by atoms with Gasteiger partial charge in [-0.25, -0.2) is 18.0 Å². The third-order valence-corrected chi connectivity index (χ3v) is 3.08. The van der Waals surface area contributed by atoms with E-state index in [2.05, 4.69) is 4.98 Å². The maximum Gasteiger partial charge on any atom is 0.287 e. The van der Waals surface area contributed by atoms with Crippen molar-refractivity contribution in [2.45, 2.75) is 11.0 Å². The van der Waals surface area contributed by atoms with E-state index in [9.17, 15) is 13.0 Å². The zero-order chi connectivity index (χ0) is 11.5. The average molecular weight is 243 g/mol. The summed E-state index contributed by atoms with van der Waals surface area (Å²) in [6.45, 7) is 0. The number of oxazole rings is 1. The molecule has 0 fully saturated rings. The van der Waals surface area contributed by atoms with Crippen molar-refractivity contribution in [2.24, 2.45) is 0 Å². The first-order chi connectivity index (χ1) is 7.68. The summed E-state index contributed by atoms with van der Waals surface area (Å²) in [5, 5.41) is -0.0392. The lowest BCUT2D eigenvalue weighted by atomic mass is 10.2. The molecule has 0 saturated heterocycles. The normalized spacial score (nSPS) is 12.6. The van der Waals surface area contributed by atoms with Crippen molar-refractivity contribution in [3.8, 4) is 0 Å². The van der Waals surface area contributed by atoms with E-state index in [4.69, 9.17) is 4.42 Å². The van der Waals surface area contributed by atoms with Gasteiger partial charge in [0.15, 0.2) is 0 Å². The van der Waals surface area contributed by atoms with Gasteiger partial charge in [0, 0.05) is 5.56 Å². The molecule has 1 unspecified atom stereocenters. The minimum atomic E-state index is -1.68. The van der Waals surface area contributed by atoms with Crippen LogP contribution in [-0.2, 0) is 16.6 Å². The van der Waals surface area contributed by atoms with Crippen LogP contribution in [0.25, 0.3) is 0 Å². The fraction of sp³-hybridized carbons (Fsp3) is 0.100. The predicted octanol–water partition coefficient (Wildman–Crippen LogP) is 2.26. The first kappa shape index (κ1) is 10.9. The molecule has 0 radical (unpaired) electrons. The van der Waals surface area contributed by atoms with Gasteiger partial charge in [0.2, 0.25) is 0 Å². The lowest BCUT2D eigenvalue weighted by Gasteiger charge is -2.02. The highest BCUT2D eigenvalue weighted by Crippen LogP contribution is 2.16. The van der Waals surface area contributed by atoms with Gasteiger partial charge in [-0.15, -0.1) is 0 Å². The highest BCUT2D eigenvalue weighted by molar-refractivity contribution is 7.84. The second-order valence-electron chi connectivity index (χ2n) is 2.99. The summed E-state index contributed by atoms with van der Waals surface area (Å²) in [4.78, 5) is 3.66. The van der Waals surface area contributed by atoms with Gasteiger partial charge in [0.05, 0.1) is 11.9 Å². The molecule has 0 bridgehead atoms. The van der Waals surface area contributed by atoms with Gasteiger partial charge in [-0.05, 0) is 12.1 Å². The van der Waals surface area contributed by atoms with Crippen molar-refractivity contribution < 1.29 is 17.4 Å². The third kappa shape index (κ3) is 2.16. The van der Waals surface area contributed by atoms with Crippen molar-refractivity contribution in [3.63, 3.8) is 0 Å². The largest absolute Gasteiger partial charge is 0.438 e. The fourth-order valence-corrected chi connectivity index (χ4v) is 2.19. The molecular weight excluding hydrogens is 236 g/mol. The second-order valence-corrected chi connectivity index (χ2v) is 4.32.